The van der Waals surface area contributed by atoms with Gasteiger partial charge in [0.05, 0.1) is 18.8 Å². The molecule has 2 aliphatic heterocycles. The molecule has 3 aromatic heterocycles. The number of ether oxygens (including phenoxy) is 3. The van der Waals surface area contributed by atoms with Crippen molar-refractivity contribution in [2.45, 2.75) is 46.7 Å². The summed E-state index contributed by atoms with van der Waals surface area (Å²) in [5, 5.41) is 22.7. The molecule has 3 fully saturated rings. The second kappa shape index (κ2) is 7.99. The van der Waals surface area contributed by atoms with Crippen LogP contribution >= 0.6 is 34.7 Å². The zero-order valence-electron chi connectivity index (χ0n) is 18.2. The molecule has 34 heavy (non-hydrogen) atoms. The SMILES string of the molecule is C#Cc1cncc(S[C@H]2OC3C(C)(O)CO[C@@]34C(C2OC)C4n2cc(-c3nc(Cl)cs3)nn2)c1. The van der Waals surface area contributed by atoms with E-state index in [4.69, 9.17) is 32.2 Å². The highest BCUT2D eigenvalue weighted by atomic mass is 35.5. The normalized spacial score (nSPS) is 36.0. The van der Waals surface area contributed by atoms with Gasteiger partial charge in [0.15, 0.2) is 0 Å². The molecule has 2 saturated heterocycles. The first-order chi connectivity index (χ1) is 16.4. The molecule has 3 aromatic rings. The molecular formula is C22H20ClN5O4S2. The molecule has 0 amide bonds. The minimum atomic E-state index is -1.17. The maximum absolute atomic E-state index is 11.1. The lowest BCUT2D eigenvalue weighted by molar-refractivity contribution is -0.162. The molecule has 6 rings (SSSR count). The van der Waals surface area contributed by atoms with Crippen LogP contribution in [0.15, 0.2) is 34.9 Å². The topological polar surface area (TPSA) is 104 Å². The number of hydrogen-bond donors (Lipinski definition) is 1. The van der Waals surface area contributed by atoms with Crippen molar-refractivity contribution >= 4 is 34.7 Å². The fourth-order valence-electron chi connectivity index (χ4n) is 5.18. The van der Waals surface area contributed by atoms with E-state index in [9.17, 15) is 5.11 Å². The summed E-state index contributed by atoms with van der Waals surface area (Å²) in [5.41, 5.74) is -1.05. The fraction of sp³-hybridized carbons (Fsp3) is 0.455. The number of methoxy groups -OCH3 is 1. The Morgan fingerprint density at radius 3 is 3.03 bits per heavy atom. The monoisotopic (exact) mass is 517 g/mol. The van der Waals surface area contributed by atoms with E-state index in [2.05, 4.69) is 26.2 Å². The zero-order chi connectivity index (χ0) is 23.7. The summed E-state index contributed by atoms with van der Waals surface area (Å²) in [6.45, 7) is 1.88. The lowest BCUT2D eigenvalue weighted by Crippen LogP contribution is -2.53. The number of thiazole rings is 1. The number of thioether (sulfide) groups is 1. The molecule has 176 valence electrons. The first kappa shape index (κ1) is 22.4. The molecule has 1 aliphatic carbocycles. The molecule has 12 heteroatoms. The van der Waals surface area contributed by atoms with Crippen molar-refractivity contribution in [3.05, 3.63) is 40.8 Å². The molecule has 3 aliphatic rings. The average Bonchev–Trinajstić information content (AvgIpc) is 3.16. The second-order valence-electron chi connectivity index (χ2n) is 8.79. The third-order valence-corrected chi connectivity index (χ3v) is 8.89. The van der Waals surface area contributed by atoms with Crippen LogP contribution in [-0.2, 0) is 14.2 Å². The van der Waals surface area contributed by atoms with Crippen LogP contribution in [0.3, 0.4) is 0 Å². The number of aromatic nitrogens is 5. The maximum atomic E-state index is 11.1. The van der Waals surface area contributed by atoms with E-state index >= 15 is 0 Å². The van der Waals surface area contributed by atoms with Gasteiger partial charge in [-0.25, -0.2) is 9.67 Å². The van der Waals surface area contributed by atoms with Crippen molar-refractivity contribution in [1.82, 2.24) is 25.0 Å². The van der Waals surface area contributed by atoms with Crippen LogP contribution in [0.2, 0.25) is 5.15 Å². The molecule has 1 spiro atoms. The third-order valence-electron chi connectivity index (χ3n) is 6.59. The van der Waals surface area contributed by atoms with Crippen LogP contribution < -0.4 is 0 Å². The highest BCUT2D eigenvalue weighted by Gasteiger charge is 2.83. The van der Waals surface area contributed by atoms with Gasteiger partial charge in [0.25, 0.3) is 0 Å². The van der Waals surface area contributed by atoms with Crippen molar-refractivity contribution in [3.8, 4) is 23.0 Å². The van der Waals surface area contributed by atoms with Crippen molar-refractivity contribution in [3.63, 3.8) is 0 Å². The first-order valence-corrected chi connectivity index (χ1v) is 12.7. The summed E-state index contributed by atoms with van der Waals surface area (Å²) in [5.74, 6) is 2.49. The number of aliphatic hydroxyl groups is 1. The van der Waals surface area contributed by atoms with E-state index in [1.165, 1.54) is 23.1 Å². The number of halogens is 1. The van der Waals surface area contributed by atoms with E-state index in [1.807, 2.05) is 12.3 Å². The van der Waals surface area contributed by atoms with Gasteiger partial charge in [-0.15, -0.1) is 22.9 Å². The summed E-state index contributed by atoms with van der Waals surface area (Å²) in [6.07, 6.45) is 9.82. The summed E-state index contributed by atoms with van der Waals surface area (Å²) in [6, 6.07) is 1.65. The highest BCUT2D eigenvalue weighted by Crippen LogP contribution is 2.69. The van der Waals surface area contributed by atoms with Gasteiger partial charge in [-0.3, -0.25) is 4.98 Å². The molecular weight excluding hydrogens is 498 g/mol. The van der Waals surface area contributed by atoms with Crippen LogP contribution in [0.25, 0.3) is 10.7 Å². The van der Waals surface area contributed by atoms with Gasteiger partial charge in [-0.2, -0.15) is 0 Å². The molecule has 7 atom stereocenters. The smallest absolute Gasteiger partial charge is 0.147 e. The standard InChI is InChI=1S/C22H20ClN5O4S2/c1-4-11-5-12(7-24-6-11)34-19-16(30-3)15-17(22(15)20(32-19)21(2,29)10-31-22)28-8-13(26-27-28)18-25-14(23)9-33-18/h1,5-9,15-17,19-20,29H,10H2,2-3H3/t15?,16?,17?,19-,20?,21?,22-/m1/s1. The second-order valence-corrected chi connectivity index (χ2v) is 11.2. The average molecular weight is 518 g/mol. The summed E-state index contributed by atoms with van der Waals surface area (Å²) in [7, 11) is 1.65. The predicted octanol–water partition coefficient (Wildman–Crippen LogP) is 2.65. The summed E-state index contributed by atoms with van der Waals surface area (Å²) >= 11 is 8.84. The van der Waals surface area contributed by atoms with Crippen molar-refractivity contribution in [1.29, 1.82) is 0 Å². The Balaban J connectivity index is 1.35. The molecule has 1 N–H and O–H groups in total. The number of terminal acetylenes is 1. The van der Waals surface area contributed by atoms with Gasteiger partial charge in [0.1, 0.15) is 44.7 Å². The molecule has 5 unspecified atom stereocenters. The van der Waals surface area contributed by atoms with Crippen molar-refractivity contribution < 1.29 is 19.3 Å². The van der Waals surface area contributed by atoms with Gasteiger partial charge in [0.2, 0.25) is 0 Å². The number of rotatable bonds is 5. The minimum Gasteiger partial charge on any atom is -0.385 e. The fourth-order valence-corrected chi connectivity index (χ4v) is 7.25. The van der Waals surface area contributed by atoms with E-state index in [1.54, 1.807) is 36.5 Å². The number of nitrogens with zero attached hydrogens (tertiary/aromatic N) is 5. The van der Waals surface area contributed by atoms with Gasteiger partial charge >= 0.3 is 0 Å². The van der Waals surface area contributed by atoms with E-state index < -0.39 is 22.7 Å². The van der Waals surface area contributed by atoms with Crippen molar-refractivity contribution in [2.75, 3.05) is 13.7 Å². The van der Waals surface area contributed by atoms with Gasteiger partial charge in [-0.1, -0.05) is 34.5 Å². The van der Waals surface area contributed by atoms with E-state index in [0.717, 1.165) is 4.90 Å². The van der Waals surface area contributed by atoms with Crippen molar-refractivity contribution in [2.24, 2.45) is 5.92 Å². The molecule has 0 bridgehead atoms. The first-order valence-electron chi connectivity index (χ1n) is 10.5. The highest BCUT2D eigenvalue weighted by molar-refractivity contribution is 7.99. The summed E-state index contributed by atoms with van der Waals surface area (Å²) < 4.78 is 20.5. The van der Waals surface area contributed by atoms with Gasteiger partial charge < -0.3 is 19.3 Å². The van der Waals surface area contributed by atoms with Gasteiger partial charge in [-0.05, 0) is 13.0 Å². The Hall–Kier alpha value is -2.04. The van der Waals surface area contributed by atoms with Crippen LogP contribution in [0.4, 0.5) is 0 Å². The lowest BCUT2D eigenvalue weighted by atomic mass is 9.93. The van der Waals surface area contributed by atoms with Crippen LogP contribution in [0.1, 0.15) is 18.5 Å². The molecule has 1 saturated carbocycles. The Morgan fingerprint density at radius 2 is 2.29 bits per heavy atom. The zero-order valence-corrected chi connectivity index (χ0v) is 20.5. The Kier molecular flexibility index (Phi) is 5.27. The van der Waals surface area contributed by atoms with E-state index in [0.29, 0.717) is 21.4 Å². The Bertz CT molecular complexity index is 1290. The number of pyridine rings is 1. The molecule has 9 nitrogen and oxygen atoms in total. The number of hydrogen-bond acceptors (Lipinski definition) is 10. The molecule has 0 aromatic carbocycles. The Labute approximate surface area is 208 Å². The third kappa shape index (κ3) is 3.32. The van der Waals surface area contributed by atoms with Crippen LogP contribution in [-0.4, -0.2) is 72.6 Å². The van der Waals surface area contributed by atoms with E-state index in [-0.39, 0.29) is 24.7 Å². The van der Waals surface area contributed by atoms with Crippen LogP contribution in [0.5, 0.6) is 0 Å². The molecule has 5 heterocycles. The largest absolute Gasteiger partial charge is 0.385 e. The quantitative estimate of drug-likeness (QED) is 0.511. The predicted molar refractivity (Wildman–Crippen MR) is 125 cm³/mol. The van der Waals surface area contributed by atoms with Crippen LogP contribution in [0, 0.1) is 18.3 Å². The minimum absolute atomic E-state index is 0.110. The maximum Gasteiger partial charge on any atom is 0.147 e. The Morgan fingerprint density at radius 1 is 1.44 bits per heavy atom. The lowest BCUT2D eigenvalue weighted by Gasteiger charge is -2.38. The molecule has 0 radical (unpaired) electrons. The summed E-state index contributed by atoms with van der Waals surface area (Å²) in [4.78, 5) is 9.36. The van der Waals surface area contributed by atoms with Gasteiger partial charge in [0, 0.05) is 41.3 Å².